The largest absolute Gasteiger partial charge is 0.465 e. The summed E-state index contributed by atoms with van der Waals surface area (Å²) in [5, 5.41) is 10.7. The molecule has 0 radical (unpaired) electrons. The molecule has 0 aliphatic rings. The Morgan fingerprint density at radius 1 is 1.35 bits per heavy atom. The van der Waals surface area contributed by atoms with Gasteiger partial charge in [-0.25, -0.2) is 0 Å². The molecule has 0 bridgehead atoms. The minimum atomic E-state index is -0.339. The Bertz CT molecular complexity index is 286. The molecule has 0 spiro atoms. The predicted octanol–water partition coefficient (Wildman–Crippen LogP) is -0.0987. The van der Waals surface area contributed by atoms with Crippen LogP contribution in [-0.2, 0) is 14.3 Å². The molecule has 0 atom stereocenters. The van der Waals surface area contributed by atoms with E-state index in [0.29, 0.717) is 13.2 Å². The summed E-state index contributed by atoms with van der Waals surface area (Å²) in [7, 11) is 0. The number of nitriles is 1. The number of nitrogens with zero attached hydrogens (tertiary/aromatic N) is 2. The highest BCUT2D eigenvalue weighted by Gasteiger charge is 2.14. The van der Waals surface area contributed by atoms with Crippen LogP contribution in [0.15, 0.2) is 0 Å². The molecule has 1 amide bonds. The van der Waals surface area contributed by atoms with Crippen LogP contribution in [0, 0.1) is 11.3 Å². The number of carbonyl (C=O) groups excluding carboxylic acids is 2. The first-order valence-corrected chi connectivity index (χ1v) is 5.65. The molecule has 1 N–H and O–H groups in total. The third-order valence-electron chi connectivity index (χ3n) is 1.93. The molecule has 0 aromatic heterocycles. The van der Waals surface area contributed by atoms with Crippen molar-refractivity contribution in [1.29, 1.82) is 5.26 Å². The molecule has 17 heavy (non-hydrogen) atoms. The zero-order valence-corrected chi connectivity index (χ0v) is 10.4. The minimum Gasteiger partial charge on any atom is -0.465 e. The summed E-state index contributed by atoms with van der Waals surface area (Å²) in [6, 6.07) is 1.82. The van der Waals surface area contributed by atoms with Gasteiger partial charge >= 0.3 is 5.97 Å². The first-order chi connectivity index (χ1) is 8.13. The summed E-state index contributed by atoms with van der Waals surface area (Å²) in [6.07, 6.45) is 0.838. The number of rotatable bonds is 8. The molecule has 0 saturated carbocycles. The van der Waals surface area contributed by atoms with Gasteiger partial charge in [-0.3, -0.25) is 14.5 Å². The van der Waals surface area contributed by atoms with E-state index in [2.05, 4.69) is 5.32 Å². The van der Waals surface area contributed by atoms with Crippen molar-refractivity contribution in [1.82, 2.24) is 10.2 Å². The molecule has 0 fully saturated rings. The summed E-state index contributed by atoms with van der Waals surface area (Å²) in [5.41, 5.74) is 0. The molecule has 0 aromatic carbocycles. The van der Waals surface area contributed by atoms with Gasteiger partial charge in [-0.1, -0.05) is 6.92 Å². The highest BCUT2D eigenvalue weighted by atomic mass is 16.5. The molecule has 96 valence electrons. The maximum Gasteiger partial charge on any atom is 0.320 e. The van der Waals surface area contributed by atoms with Crippen molar-refractivity contribution in [3.63, 3.8) is 0 Å². The summed E-state index contributed by atoms with van der Waals surface area (Å²) in [6.45, 7) is 4.86. The Balaban J connectivity index is 4.09. The van der Waals surface area contributed by atoms with Gasteiger partial charge in [0.2, 0.25) is 5.91 Å². The van der Waals surface area contributed by atoms with E-state index < -0.39 is 0 Å². The lowest BCUT2D eigenvalue weighted by molar-refractivity contribution is -0.144. The standard InChI is InChI=1S/C11H19N3O3/c1-3-7-14(9-11(16)17-4-2)8-10(15)13-6-5-12/h3-4,6-9H2,1-2H3,(H,13,15). The highest BCUT2D eigenvalue weighted by Crippen LogP contribution is 1.93. The number of nitrogens with one attached hydrogen (secondary N) is 1. The van der Waals surface area contributed by atoms with Crippen molar-refractivity contribution in [3.05, 3.63) is 0 Å². The van der Waals surface area contributed by atoms with Crippen molar-refractivity contribution in [2.24, 2.45) is 0 Å². The van der Waals surface area contributed by atoms with E-state index in [-0.39, 0.29) is 31.5 Å². The second-order valence-corrected chi connectivity index (χ2v) is 3.45. The SMILES string of the molecule is CCCN(CC(=O)NCC#N)CC(=O)OCC. The van der Waals surface area contributed by atoms with E-state index in [9.17, 15) is 9.59 Å². The van der Waals surface area contributed by atoms with Crippen molar-refractivity contribution in [2.75, 3.05) is 32.8 Å². The quantitative estimate of drug-likeness (QED) is 0.474. The third kappa shape index (κ3) is 8.22. The molecule has 6 heteroatoms. The number of hydrogen-bond acceptors (Lipinski definition) is 5. The number of esters is 1. The molecule has 0 rings (SSSR count). The average Bonchev–Trinajstić information content (AvgIpc) is 2.27. The first-order valence-electron chi connectivity index (χ1n) is 5.65. The molecular formula is C11H19N3O3. The van der Waals surface area contributed by atoms with Crippen LogP contribution in [0.4, 0.5) is 0 Å². The van der Waals surface area contributed by atoms with Gasteiger partial charge in [0.15, 0.2) is 0 Å². The van der Waals surface area contributed by atoms with Crippen LogP contribution >= 0.6 is 0 Å². The maximum atomic E-state index is 11.4. The Morgan fingerprint density at radius 2 is 2.06 bits per heavy atom. The van der Waals surface area contributed by atoms with Crippen LogP contribution in [0.25, 0.3) is 0 Å². The Labute approximate surface area is 102 Å². The zero-order valence-electron chi connectivity index (χ0n) is 10.4. The fraction of sp³-hybridized carbons (Fsp3) is 0.727. The zero-order chi connectivity index (χ0) is 13.1. The molecule has 6 nitrogen and oxygen atoms in total. The maximum absolute atomic E-state index is 11.4. The molecule has 0 aliphatic heterocycles. The van der Waals surface area contributed by atoms with Crippen molar-refractivity contribution >= 4 is 11.9 Å². The second-order valence-electron chi connectivity index (χ2n) is 3.45. The second kappa shape index (κ2) is 9.60. The average molecular weight is 241 g/mol. The lowest BCUT2D eigenvalue weighted by Gasteiger charge is -2.19. The van der Waals surface area contributed by atoms with Crippen LogP contribution in [-0.4, -0.2) is 49.6 Å². The number of amides is 1. The fourth-order valence-corrected chi connectivity index (χ4v) is 1.32. The lowest BCUT2D eigenvalue weighted by Crippen LogP contribution is -2.40. The Morgan fingerprint density at radius 3 is 2.59 bits per heavy atom. The normalized spacial score (nSPS) is 9.76. The fourth-order valence-electron chi connectivity index (χ4n) is 1.32. The van der Waals surface area contributed by atoms with E-state index in [1.165, 1.54) is 0 Å². The number of carbonyl (C=O) groups is 2. The van der Waals surface area contributed by atoms with Gasteiger partial charge in [-0.2, -0.15) is 5.26 Å². The summed E-state index contributed by atoms with van der Waals surface area (Å²) < 4.78 is 4.82. The predicted molar refractivity (Wildman–Crippen MR) is 62.0 cm³/mol. The van der Waals surface area contributed by atoms with Gasteiger partial charge in [0.05, 0.1) is 25.8 Å². The molecule has 0 saturated heterocycles. The Kier molecular flexibility index (Phi) is 8.69. The van der Waals surface area contributed by atoms with Crippen LogP contribution in [0.1, 0.15) is 20.3 Å². The number of ether oxygens (including phenoxy) is 1. The van der Waals surface area contributed by atoms with Gasteiger partial charge in [0.25, 0.3) is 0 Å². The van der Waals surface area contributed by atoms with Crippen molar-refractivity contribution < 1.29 is 14.3 Å². The highest BCUT2D eigenvalue weighted by molar-refractivity contribution is 5.79. The molecule has 0 unspecified atom stereocenters. The van der Waals surface area contributed by atoms with Gasteiger partial charge in [-0.15, -0.1) is 0 Å². The van der Waals surface area contributed by atoms with Crippen LogP contribution < -0.4 is 5.32 Å². The molecule has 0 aliphatic carbocycles. The van der Waals surface area contributed by atoms with E-state index in [1.54, 1.807) is 11.8 Å². The molecule has 0 aromatic rings. The van der Waals surface area contributed by atoms with E-state index in [4.69, 9.17) is 10.00 Å². The van der Waals surface area contributed by atoms with Crippen molar-refractivity contribution in [3.8, 4) is 6.07 Å². The van der Waals surface area contributed by atoms with Crippen LogP contribution in [0.3, 0.4) is 0 Å². The van der Waals surface area contributed by atoms with Crippen LogP contribution in [0.2, 0.25) is 0 Å². The topological polar surface area (TPSA) is 82.4 Å². The van der Waals surface area contributed by atoms with Crippen LogP contribution in [0.5, 0.6) is 0 Å². The van der Waals surface area contributed by atoms with E-state index in [1.807, 2.05) is 13.0 Å². The summed E-state index contributed by atoms with van der Waals surface area (Å²) in [5.74, 6) is -0.599. The minimum absolute atomic E-state index is 0.0157. The van der Waals surface area contributed by atoms with Gasteiger partial charge in [0.1, 0.15) is 6.54 Å². The smallest absolute Gasteiger partial charge is 0.320 e. The number of hydrogen-bond donors (Lipinski definition) is 1. The van der Waals surface area contributed by atoms with Crippen molar-refractivity contribution in [2.45, 2.75) is 20.3 Å². The first kappa shape index (κ1) is 15.4. The summed E-state index contributed by atoms with van der Waals surface area (Å²) >= 11 is 0. The van der Waals surface area contributed by atoms with Gasteiger partial charge in [-0.05, 0) is 19.9 Å². The van der Waals surface area contributed by atoms with E-state index >= 15 is 0 Å². The lowest BCUT2D eigenvalue weighted by atomic mass is 10.3. The molecular weight excluding hydrogens is 222 g/mol. The summed E-state index contributed by atoms with van der Waals surface area (Å²) in [4.78, 5) is 24.3. The Hall–Kier alpha value is -1.61. The van der Waals surface area contributed by atoms with Gasteiger partial charge < -0.3 is 10.1 Å². The third-order valence-corrected chi connectivity index (χ3v) is 1.93. The van der Waals surface area contributed by atoms with Gasteiger partial charge in [0, 0.05) is 0 Å². The molecule has 0 heterocycles. The van der Waals surface area contributed by atoms with E-state index in [0.717, 1.165) is 6.42 Å². The monoisotopic (exact) mass is 241 g/mol.